The first-order valence-corrected chi connectivity index (χ1v) is 10.5. The maximum Gasteiger partial charge on any atom is 0.127 e. The van der Waals surface area contributed by atoms with Crippen LogP contribution in [0, 0.1) is 0 Å². The van der Waals surface area contributed by atoms with Crippen molar-refractivity contribution in [3.05, 3.63) is 42.5 Å². The van der Waals surface area contributed by atoms with E-state index in [1.54, 1.807) is 0 Å². The van der Waals surface area contributed by atoms with Crippen LogP contribution in [0.2, 0.25) is 0 Å². The lowest BCUT2D eigenvalue weighted by atomic mass is 10.0. The molecule has 2 rings (SSSR count). The van der Waals surface area contributed by atoms with Gasteiger partial charge in [-0.15, -0.1) is 0 Å². The van der Waals surface area contributed by atoms with Crippen LogP contribution in [0.5, 0.6) is 5.75 Å². The van der Waals surface area contributed by atoms with E-state index >= 15 is 0 Å². The first kappa shape index (κ1) is 19.8. The van der Waals surface area contributed by atoms with Gasteiger partial charge in [-0.3, -0.25) is 0 Å². The van der Waals surface area contributed by atoms with E-state index in [0.717, 1.165) is 12.2 Å². The van der Waals surface area contributed by atoms with Crippen LogP contribution < -0.4 is 4.74 Å². The highest BCUT2D eigenvalue weighted by molar-refractivity contribution is 5.88. The van der Waals surface area contributed by atoms with Gasteiger partial charge in [0.05, 0.1) is 6.10 Å². The Balaban J connectivity index is 1.57. The molecule has 0 aliphatic carbocycles. The topological polar surface area (TPSA) is 9.23 Å². The molecular formula is C24H36O. The van der Waals surface area contributed by atoms with E-state index in [0.29, 0.717) is 6.10 Å². The molecule has 0 saturated carbocycles. The van der Waals surface area contributed by atoms with Gasteiger partial charge < -0.3 is 4.74 Å². The molecule has 2 aromatic rings. The lowest BCUT2D eigenvalue weighted by molar-refractivity contribution is 0.209. The second-order valence-corrected chi connectivity index (χ2v) is 7.38. The van der Waals surface area contributed by atoms with Gasteiger partial charge in [-0.1, -0.05) is 101 Å². The molecule has 1 unspecified atom stereocenters. The number of hydrogen-bond donors (Lipinski definition) is 0. The average Bonchev–Trinajstić information content (AvgIpc) is 2.63. The van der Waals surface area contributed by atoms with Crippen molar-refractivity contribution in [3.8, 4) is 5.75 Å². The van der Waals surface area contributed by atoms with Crippen LogP contribution in [0.1, 0.15) is 84.5 Å². The number of ether oxygens (including phenoxy) is 1. The van der Waals surface area contributed by atoms with Gasteiger partial charge in [0.2, 0.25) is 0 Å². The third-order valence-corrected chi connectivity index (χ3v) is 5.04. The van der Waals surface area contributed by atoms with Crippen LogP contribution in [0.15, 0.2) is 42.5 Å². The summed E-state index contributed by atoms with van der Waals surface area (Å²) in [4.78, 5) is 0. The van der Waals surface area contributed by atoms with Crippen molar-refractivity contribution >= 4 is 10.8 Å². The molecule has 0 bridgehead atoms. The number of unbranched alkanes of at least 4 members (excludes halogenated alkanes) is 9. The number of benzene rings is 2. The molecule has 0 aliphatic heterocycles. The Morgan fingerprint density at radius 1 is 0.720 bits per heavy atom. The SMILES string of the molecule is CCCCCCCCCCCCC(C)Oc1cccc2ccccc12. The molecule has 2 aromatic carbocycles. The molecule has 0 aliphatic rings. The van der Waals surface area contributed by atoms with Crippen molar-refractivity contribution in [2.75, 3.05) is 0 Å². The molecule has 0 aromatic heterocycles. The molecule has 1 atom stereocenters. The summed E-state index contributed by atoms with van der Waals surface area (Å²) < 4.78 is 6.21. The quantitative estimate of drug-likeness (QED) is 0.336. The van der Waals surface area contributed by atoms with Crippen LogP contribution >= 0.6 is 0 Å². The third kappa shape index (κ3) is 7.50. The summed E-state index contributed by atoms with van der Waals surface area (Å²) in [5, 5.41) is 2.48. The van der Waals surface area contributed by atoms with E-state index in [4.69, 9.17) is 4.74 Å². The summed E-state index contributed by atoms with van der Waals surface area (Å²) in [5.41, 5.74) is 0. The van der Waals surface area contributed by atoms with E-state index in [-0.39, 0.29) is 0 Å². The zero-order valence-electron chi connectivity index (χ0n) is 16.3. The summed E-state index contributed by atoms with van der Waals surface area (Å²) in [6.07, 6.45) is 15.3. The standard InChI is InChI=1S/C24H36O/c1-3-4-5-6-7-8-9-10-11-12-16-21(2)25-24-20-15-18-22-17-13-14-19-23(22)24/h13-15,17-21H,3-12,16H2,1-2H3. The highest BCUT2D eigenvalue weighted by Gasteiger charge is 2.07. The van der Waals surface area contributed by atoms with Crippen molar-refractivity contribution in [2.24, 2.45) is 0 Å². The van der Waals surface area contributed by atoms with Gasteiger partial charge in [0.15, 0.2) is 0 Å². The smallest absolute Gasteiger partial charge is 0.127 e. The Kier molecular flexibility index (Phi) is 9.47. The molecule has 0 amide bonds. The van der Waals surface area contributed by atoms with Gasteiger partial charge in [0, 0.05) is 5.39 Å². The Morgan fingerprint density at radius 3 is 2.04 bits per heavy atom. The Morgan fingerprint density at radius 2 is 1.32 bits per heavy atom. The van der Waals surface area contributed by atoms with E-state index in [1.165, 1.54) is 75.0 Å². The van der Waals surface area contributed by atoms with Crippen LogP contribution in [0.25, 0.3) is 10.8 Å². The Hall–Kier alpha value is -1.50. The van der Waals surface area contributed by atoms with Crippen molar-refractivity contribution in [1.29, 1.82) is 0 Å². The van der Waals surface area contributed by atoms with Gasteiger partial charge in [0.25, 0.3) is 0 Å². The molecular weight excluding hydrogens is 304 g/mol. The monoisotopic (exact) mass is 340 g/mol. The van der Waals surface area contributed by atoms with Crippen molar-refractivity contribution in [1.82, 2.24) is 0 Å². The molecule has 0 fully saturated rings. The predicted molar refractivity (Wildman–Crippen MR) is 110 cm³/mol. The maximum absolute atomic E-state index is 6.21. The van der Waals surface area contributed by atoms with Crippen LogP contribution in [0.3, 0.4) is 0 Å². The molecule has 1 nitrogen and oxygen atoms in total. The fourth-order valence-electron chi connectivity index (χ4n) is 3.49. The minimum Gasteiger partial charge on any atom is -0.490 e. The molecule has 0 heterocycles. The molecule has 138 valence electrons. The second-order valence-electron chi connectivity index (χ2n) is 7.38. The first-order chi connectivity index (χ1) is 12.3. The lowest BCUT2D eigenvalue weighted by Gasteiger charge is -2.16. The molecule has 25 heavy (non-hydrogen) atoms. The molecule has 0 radical (unpaired) electrons. The highest BCUT2D eigenvalue weighted by atomic mass is 16.5. The Labute approximate surface area is 154 Å². The van der Waals surface area contributed by atoms with Gasteiger partial charge in [0.1, 0.15) is 5.75 Å². The minimum atomic E-state index is 0.292. The summed E-state index contributed by atoms with van der Waals surface area (Å²) in [6, 6.07) is 14.8. The zero-order valence-corrected chi connectivity index (χ0v) is 16.3. The van der Waals surface area contributed by atoms with Crippen molar-refractivity contribution in [3.63, 3.8) is 0 Å². The molecule has 0 N–H and O–H groups in total. The van der Waals surface area contributed by atoms with Crippen LogP contribution in [-0.4, -0.2) is 6.10 Å². The summed E-state index contributed by atoms with van der Waals surface area (Å²) >= 11 is 0. The van der Waals surface area contributed by atoms with E-state index in [2.05, 4.69) is 56.3 Å². The van der Waals surface area contributed by atoms with Crippen molar-refractivity contribution < 1.29 is 4.74 Å². The fourth-order valence-corrected chi connectivity index (χ4v) is 3.49. The average molecular weight is 341 g/mol. The maximum atomic E-state index is 6.21. The van der Waals surface area contributed by atoms with Gasteiger partial charge in [-0.05, 0) is 31.2 Å². The van der Waals surface area contributed by atoms with E-state index in [9.17, 15) is 0 Å². The van der Waals surface area contributed by atoms with Crippen LogP contribution in [0.4, 0.5) is 0 Å². The third-order valence-electron chi connectivity index (χ3n) is 5.04. The second kappa shape index (κ2) is 12.0. The highest BCUT2D eigenvalue weighted by Crippen LogP contribution is 2.26. The van der Waals surface area contributed by atoms with Gasteiger partial charge >= 0.3 is 0 Å². The summed E-state index contributed by atoms with van der Waals surface area (Å²) in [6.45, 7) is 4.49. The zero-order chi connectivity index (χ0) is 17.7. The molecule has 0 spiro atoms. The van der Waals surface area contributed by atoms with Gasteiger partial charge in [-0.25, -0.2) is 0 Å². The summed E-state index contributed by atoms with van der Waals surface area (Å²) in [5.74, 6) is 1.03. The van der Waals surface area contributed by atoms with Crippen molar-refractivity contribution in [2.45, 2.75) is 90.6 Å². The normalized spacial score (nSPS) is 12.4. The van der Waals surface area contributed by atoms with Gasteiger partial charge in [-0.2, -0.15) is 0 Å². The molecule has 0 saturated heterocycles. The predicted octanol–water partition coefficient (Wildman–Crippen LogP) is 7.92. The first-order valence-electron chi connectivity index (χ1n) is 10.5. The summed E-state index contributed by atoms with van der Waals surface area (Å²) in [7, 11) is 0. The lowest BCUT2D eigenvalue weighted by Crippen LogP contribution is -2.11. The Bertz CT molecular complexity index is 584. The molecule has 1 heteroatoms. The number of fused-ring (bicyclic) bond motifs is 1. The largest absolute Gasteiger partial charge is 0.490 e. The van der Waals surface area contributed by atoms with Crippen LogP contribution in [-0.2, 0) is 0 Å². The fraction of sp³-hybridized carbons (Fsp3) is 0.583. The van der Waals surface area contributed by atoms with E-state index < -0.39 is 0 Å². The van der Waals surface area contributed by atoms with E-state index in [1.807, 2.05) is 0 Å². The minimum absolute atomic E-state index is 0.292. The number of rotatable bonds is 13. The number of hydrogen-bond acceptors (Lipinski definition) is 1.